The van der Waals surface area contributed by atoms with Gasteiger partial charge >= 0.3 is 6.61 Å². The summed E-state index contributed by atoms with van der Waals surface area (Å²) in [7, 11) is 0. The van der Waals surface area contributed by atoms with E-state index >= 15 is 0 Å². The Labute approximate surface area is 194 Å². The zero-order chi connectivity index (χ0) is 23.9. The van der Waals surface area contributed by atoms with E-state index in [0.717, 1.165) is 27.6 Å². The van der Waals surface area contributed by atoms with Gasteiger partial charge in [-0.15, -0.1) is 11.8 Å². The maximum Gasteiger partial charge on any atom is 0.387 e. The molecule has 1 aliphatic heterocycles. The number of aliphatic imine (C=N–C) groups is 1. The van der Waals surface area contributed by atoms with Crippen LogP contribution in [0.4, 0.5) is 14.5 Å². The van der Waals surface area contributed by atoms with Gasteiger partial charge in [-0.3, -0.25) is 0 Å². The summed E-state index contributed by atoms with van der Waals surface area (Å²) in [5.74, 6) is 0.896. The molecule has 1 unspecified atom stereocenters. The standard InChI is InChI=1S/C20H15F2NO2S.3C2H6/c21-20(22)25-14-9-7-13(8-10-14)19-12-16(17-5-3-11-24-17)23-15-4-1-2-6-18(15)26-19;3*1-2/h1-11,19-20H,12H2;3*1-2H3. The fraction of sp³-hybridized carbons (Fsp3) is 0.346. The van der Waals surface area contributed by atoms with Gasteiger partial charge in [-0.05, 0) is 42.0 Å². The first kappa shape index (κ1) is 27.4. The van der Waals surface area contributed by atoms with E-state index in [1.54, 1.807) is 30.2 Å². The van der Waals surface area contributed by atoms with Crippen LogP contribution >= 0.6 is 11.8 Å². The summed E-state index contributed by atoms with van der Waals surface area (Å²) in [6.45, 7) is 9.18. The molecule has 4 rings (SSSR count). The van der Waals surface area contributed by atoms with E-state index < -0.39 is 6.61 Å². The van der Waals surface area contributed by atoms with E-state index in [0.29, 0.717) is 6.42 Å². The number of fused-ring (bicyclic) bond motifs is 1. The van der Waals surface area contributed by atoms with Crippen LogP contribution in [0.25, 0.3) is 0 Å². The molecular formula is C26H33F2NO2S. The van der Waals surface area contributed by atoms with Gasteiger partial charge in [0.2, 0.25) is 0 Å². The average molecular weight is 462 g/mol. The average Bonchev–Trinajstić information content (AvgIpc) is 3.31. The molecule has 0 saturated heterocycles. The van der Waals surface area contributed by atoms with Gasteiger partial charge < -0.3 is 9.15 Å². The van der Waals surface area contributed by atoms with Crippen LogP contribution in [0.2, 0.25) is 0 Å². The minimum atomic E-state index is -2.82. The minimum absolute atomic E-state index is 0.0862. The van der Waals surface area contributed by atoms with Gasteiger partial charge in [0.05, 0.1) is 17.7 Å². The van der Waals surface area contributed by atoms with E-state index in [-0.39, 0.29) is 11.0 Å². The second-order valence-corrected chi connectivity index (χ2v) is 7.01. The van der Waals surface area contributed by atoms with Gasteiger partial charge in [0, 0.05) is 16.6 Å². The van der Waals surface area contributed by atoms with Crippen molar-refractivity contribution < 1.29 is 17.9 Å². The third-order valence-electron chi connectivity index (χ3n) is 4.05. The Bertz CT molecular complexity index is 910. The van der Waals surface area contributed by atoms with Gasteiger partial charge in [-0.1, -0.05) is 65.8 Å². The largest absolute Gasteiger partial charge is 0.463 e. The van der Waals surface area contributed by atoms with Crippen LogP contribution in [0.3, 0.4) is 0 Å². The number of furan rings is 1. The normalized spacial score (nSPS) is 14.2. The Morgan fingerprint density at radius 3 is 2.16 bits per heavy atom. The van der Waals surface area contributed by atoms with Crippen molar-refractivity contribution in [2.75, 3.05) is 0 Å². The quantitative estimate of drug-likeness (QED) is 0.388. The molecule has 0 N–H and O–H groups in total. The molecule has 2 heterocycles. The van der Waals surface area contributed by atoms with E-state index in [1.807, 2.05) is 90.1 Å². The fourth-order valence-corrected chi connectivity index (χ4v) is 4.09. The summed E-state index contributed by atoms with van der Waals surface area (Å²) >= 11 is 1.71. The highest BCUT2D eigenvalue weighted by Gasteiger charge is 2.23. The molecule has 3 aromatic rings. The number of ether oxygens (including phenoxy) is 1. The van der Waals surface area contributed by atoms with Crippen molar-refractivity contribution in [1.29, 1.82) is 0 Å². The SMILES string of the molecule is CC.CC.CC.FC(F)Oc1ccc(C2CC(c3ccco3)=Nc3ccccc3S2)cc1. The summed E-state index contributed by atoms with van der Waals surface area (Å²) < 4.78 is 34.7. The fourth-order valence-electron chi connectivity index (χ4n) is 2.86. The van der Waals surface area contributed by atoms with Gasteiger partial charge in [0.1, 0.15) is 11.5 Å². The highest BCUT2D eigenvalue weighted by molar-refractivity contribution is 7.99. The topological polar surface area (TPSA) is 34.7 Å². The third-order valence-corrected chi connectivity index (χ3v) is 5.37. The minimum Gasteiger partial charge on any atom is -0.463 e. The molecule has 2 aromatic carbocycles. The summed E-state index contributed by atoms with van der Waals surface area (Å²) in [4.78, 5) is 5.87. The van der Waals surface area contributed by atoms with Crippen molar-refractivity contribution in [2.24, 2.45) is 4.99 Å². The van der Waals surface area contributed by atoms with E-state index in [4.69, 9.17) is 9.41 Å². The first-order valence-electron chi connectivity index (χ1n) is 11.1. The van der Waals surface area contributed by atoms with Crippen LogP contribution in [0.5, 0.6) is 5.75 Å². The molecule has 0 fully saturated rings. The van der Waals surface area contributed by atoms with Crippen LogP contribution < -0.4 is 4.74 Å². The van der Waals surface area contributed by atoms with Crippen LogP contribution in [-0.4, -0.2) is 12.3 Å². The van der Waals surface area contributed by atoms with E-state index in [2.05, 4.69) is 4.74 Å². The molecule has 3 nitrogen and oxygen atoms in total. The lowest BCUT2D eigenvalue weighted by molar-refractivity contribution is -0.0498. The lowest BCUT2D eigenvalue weighted by atomic mass is 10.0. The highest BCUT2D eigenvalue weighted by Crippen LogP contribution is 2.45. The summed E-state index contributed by atoms with van der Waals surface area (Å²) in [6, 6.07) is 18.5. The predicted molar refractivity (Wildman–Crippen MR) is 132 cm³/mol. The second kappa shape index (κ2) is 15.2. The van der Waals surface area contributed by atoms with Gasteiger partial charge in [-0.2, -0.15) is 8.78 Å². The molecule has 0 spiro atoms. The summed E-state index contributed by atoms with van der Waals surface area (Å²) in [5.41, 5.74) is 2.79. The first-order chi connectivity index (χ1) is 15.7. The second-order valence-electron chi connectivity index (χ2n) is 5.76. The molecule has 32 heavy (non-hydrogen) atoms. The lowest BCUT2D eigenvalue weighted by Gasteiger charge is -2.16. The maximum atomic E-state index is 12.4. The Kier molecular flexibility index (Phi) is 13.1. The zero-order valence-corrected chi connectivity index (χ0v) is 20.5. The number of hydrogen-bond donors (Lipinski definition) is 0. The van der Waals surface area contributed by atoms with Crippen molar-refractivity contribution in [3.05, 3.63) is 78.3 Å². The van der Waals surface area contributed by atoms with Crippen molar-refractivity contribution in [3.8, 4) is 5.75 Å². The van der Waals surface area contributed by atoms with Crippen LogP contribution in [0.1, 0.15) is 64.5 Å². The molecule has 0 aliphatic carbocycles. The number of thioether (sulfide) groups is 1. The predicted octanol–water partition coefficient (Wildman–Crippen LogP) is 9.32. The number of halogens is 2. The molecule has 1 atom stereocenters. The Morgan fingerprint density at radius 1 is 0.906 bits per heavy atom. The molecule has 0 saturated carbocycles. The highest BCUT2D eigenvalue weighted by atomic mass is 32.2. The van der Waals surface area contributed by atoms with Crippen LogP contribution in [-0.2, 0) is 0 Å². The Balaban J connectivity index is 0.000000789. The monoisotopic (exact) mass is 461 g/mol. The van der Waals surface area contributed by atoms with E-state index in [9.17, 15) is 8.78 Å². The Hall–Kier alpha value is -2.60. The van der Waals surface area contributed by atoms with Gasteiger partial charge in [-0.25, -0.2) is 4.99 Å². The number of benzene rings is 2. The van der Waals surface area contributed by atoms with Gasteiger partial charge in [0.15, 0.2) is 0 Å². The third kappa shape index (κ3) is 7.83. The smallest absolute Gasteiger partial charge is 0.387 e. The molecule has 0 radical (unpaired) electrons. The van der Waals surface area contributed by atoms with Crippen molar-refractivity contribution >= 4 is 23.2 Å². The van der Waals surface area contributed by atoms with Gasteiger partial charge in [0.25, 0.3) is 0 Å². The molecular weight excluding hydrogens is 428 g/mol. The van der Waals surface area contributed by atoms with Crippen LogP contribution in [0, 0.1) is 0 Å². The zero-order valence-electron chi connectivity index (χ0n) is 19.6. The summed E-state index contributed by atoms with van der Waals surface area (Å²) in [5, 5.41) is 0.0862. The molecule has 174 valence electrons. The molecule has 1 aliphatic rings. The van der Waals surface area contributed by atoms with Crippen molar-refractivity contribution in [2.45, 2.75) is 64.7 Å². The van der Waals surface area contributed by atoms with Crippen molar-refractivity contribution in [3.63, 3.8) is 0 Å². The number of nitrogens with zero attached hydrogens (tertiary/aromatic N) is 1. The number of rotatable bonds is 4. The van der Waals surface area contributed by atoms with Crippen LogP contribution in [0.15, 0.2) is 81.2 Å². The molecule has 0 bridgehead atoms. The first-order valence-corrected chi connectivity index (χ1v) is 12.0. The molecule has 1 aromatic heterocycles. The number of alkyl halides is 2. The Morgan fingerprint density at radius 2 is 1.56 bits per heavy atom. The molecule has 6 heteroatoms. The number of hydrogen-bond acceptors (Lipinski definition) is 4. The summed E-state index contributed by atoms with van der Waals surface area (Å²) in [6.07, 6.45) is 2.30. The number of para-hydroxylation sites is 1. The van der Waals surface area contributed by atoms with Crippen molar-refractivity contribution in [1.82, 2.24) is 0 Å². The van der Waals surface area contributed by atoms with E-state index in [1.165, 1.54) is 0 Å². The lowest BCUT2D eigenvalue weighted by Crippen LogP contribution is -2.05. The molecule has 0 amide bonds. The maximum absolute atomic E-state index is 12.4.